The summed E-state index contributed by atoms with van der Waals surface area (Å²) in [5.74, 6) is -2.36. The number of alkyl halides is 3. The molecule has 0 atom stereocenters. The molecule has 0 aliphatic carbocycles. The lowest BCUT2D eigenvalue weighted by molar-refractivity contribution is -0.142. The lowest BCUT2D eigenvalue weighted by Gasteiger charge is -2.19. The van der Waals surface area contributed by atoms with Crippen molar-refractivity contribution in [2.24, 2.45) is 0 Å². The maximum atomic E-state index is 13.8. The standard InChI is InChI=1S/C23H25F3N4O5S/c1-7-34-20(32)16-11(3)17(21(33)35-8-2)36-19(16)28-18(31)12-9-15-27-13(22(4,5)6)10-14(23(24,25)26)30(15)29-12/h9-10H,7-8H2,1-6H3,(H,28,31). The second-order valence-corrected chi connectivity index (χ2v) is 9.75. The van der Waals surface area contributed by atoms with Crippen molar-refractivity contribution in [2.45, 2.75) is 53.1 Å². The van der Waals surface area contributed by atoms with Crippen molar-refractivity contribution in [3.05, 3.63) is 45.2 Å². The number of nitrogens with zero attached hydrogens (tertiary/aromatic N) is 3. The zero-order valence-corrected chi connectivity index (χ0v) is 21.3. The number of nitrogens with one attached hydrogen (secondary N) is 1. The highest BCUT2D eigenvalue weighted by Gasteiger charge is 2.37. The number of hydrogen-bond donors (Lipinski definition) is 1. The first-order valence-corrected chi connectivity index (χ1v) is 11.8. The number of halogens is 3. The number of rotatable bonds is 6. The minimum absolute atomic E-state index is 0.0181. The van der Waals surface area contributed by atoms with Crippen LogP contribution in [0, 0.1) is 6.92 Å². The molecule has 0 spiro atoms. The molecule has 0 aromatic carbocycles. The fourth-order valence-electron chi connectivity index (χ4n) is 3.28. The van der Waals surface area contributed by atoms with Gasteiger partial charge in [0.15, 0.2) is 11.3 Å². The molecule has 9 nitrogen and oxygen atoms in total. The van der Waals surface area contributed by atoms with E-state index in [9.17, 15) is 27.6 Å². The van der Waals surface area contributed by atoms with Gasteiger partial charge in [0.05, 0.1) is 24.5 Å². The number of amides is 1. The van der Waals surface area contributed by atoms with Crippen LogP contribution in [0.3, 0.4) is 0 Å². The van der Waals surface area contributed by atoms with E-state index in [0.717, 1.165) is 23.5 Å². The monoisotopic (exact) mass is 526 g/mol. The number of esters is 2. The lowest BCUT2D eigenvalue weighted by Crippen LogP contribution is -2.20. The van der Waals surface area contributed by atoms with Crippen LogP contribution in [0.2, 0.25) is 0 Å². The minimum Gasteiger partial charge on any atom is -0.462 e. The Bertz CT molecular complexity index is 1340. The molecule has 0 saturated heterocycles. The first kappa shape index (κ1) is 27.1. The molecule has 0 aliphatic rings. The van der Waals surface area contributed by atoms with E-state index in [2.05, 4.69) is 15.4 Å². The first-order valence-electron chi connectivity index (χ1n) is 11.0. The van der Waals surface area contributed by atoms with E-state index >= 15 is 0 Å². The SMILES string of the molecule is CCOC(=O)c1sc(NC(=O)c2cc3nc(C(C)(C)C)cc(C(F)(F)F)n3n2)c(C(=O)OCC)c1C. The lowest BCUT2D eigenvalue weighted by atomic mass is 9.91. The van der Waals surface area contributed by atoms with E-state index in [0.29, 0.717) is 4.52 Å². The van der Waals surface area contributed by atoms with E-state index in [1.165, 1.54) is 6.92 Å². The number of thiophene rings is 1. The largest absolute Gasteiger partial charge is 0.462 e. The second-order valence-electron chi connectivity index (χ2n) is 8.73. The Labute approximate surface area is 208 Å². The second kappa shape index (κ2) is 9.88. The summed E-state index contributed by atoms with van der Waals surface area (Å²) >= 11 is 0.794. The van der Waals surface area contributed by atoms with Crippen LogP contribution < -0.4 is 5.32 Å². The van der Waals surface area contributed by atoms with Crippen molar-refractivity contribution >= 4 is 39.8 Å². The fourth-order valence-corrected chi connectivity index (χ4v) is 4.36. The molecular weight excluding hydrogens is 501 g/mol. The third-order valence-corrected chi connectivity index (χ3v) is 6.22. The van der Waals surface area contributed by atoms with E-state index in [1.54, 1.807) is 34.6 Å². The van der Waals surface area contributed by atoms with Gasteiger partial charge in [-0.1, -0.05) is 20.8 Å². The van der Waals surface area contributed by atoms with Crippen LogP contribution in [0.25, 0.3) is 5.65 Å². The number of fused-ring (bicyclic) bond motifs is 1. The van der Waals surface area contributed by atoms with Crippen LogP contribution in [0.1, 0.15) is 82.1 Å². The van der Waals surface area contributed by atoms with Gasteiger partial charge in [-0.2, -0.15) is 18.3 Å². The van der Waals surface area contributed by atoms with Gasteiger partial charge in [0.2, 0.25) is 0 Å². The predicted molar refractivity (Wildman–Crippen MR) is 126 cm³/mol. The minimum atomic E-state index is -4.75. The van der Waals surface area contributed by atoms with Crippen molar-refractivity contribution in [3.8, 4) is 0 Å². The van der Waals surface area contributed by atoms with Gasteiger partial charge >= 0.3 is 18.1 Å². The Balaban J connectivity index is 2.08. The summed E-state index contributed by atoms with van der Waals surface area (Å²) in [6.07, 6.45) is -4.75. The number of aromatic nitrogens is 3. The predicted octanol–water partition coefficient (Wildman–Crippen LogP) is 5.02. The van der Waals surface area contributed by atoms with Gasteiger partial charge < -0.3 is 14.8 Å². The fraction of sp³-hybridized carbons (Fsp3) is 0.435. The zero-order chi connectivity index (χ0) is 27.0. The van der Waals surface area contributed by atoms with Crippen LogP contribution in [-0.2, 0) is 21.1 Å². The quantitative estimate of drug-likeness (QED) is 0.449. The average Bonchev–Trinajstić information content (AvgIpc) is 3.33. The number of anilines is 1. The Kier molecular flexibility index (Phi) is 7.44. The molecule has 194 valence electrons. The van der Waals surface area contributed by atoms with Gasteiger partial charge in [0, 0.05) is 11.5 Å². The van der Waals surface area contributed by atoms with Crippen LogP contribution in [0.5, 0.6) is 0 Å². The van der Waals surface area contributed by atoms with Crippen molar-refractivity contribution in [1.29, 1.82) is 0 Å². The molecule has 1 amide bonds. The van der Waals surface area contributed by atoms with Crippen molar-refractivity contribution in [1.82, 2.24) is 14.6 Å². The third kappa shape index (κ3) is 5.35. The van der Waals surface area contributed by atoms with E-state index < -0.39 is 35.1 Å². The number of hydrogen-bond acceptors (Lipinski definition) is 8. The van der Waals surface area contributed by atoms with Gasteiger partial charge in [0.1, 0.15) is 15.6 Å². The molecule has 3 heterocycles. The molecule has 3 rings (SSSR count). The smallest absolute Gasteiger partial charge is 0.433 e. The maximum Gasteiger partial charge on any atom is 0.433 e. The summed E-state index contributed by atoms with van der Waals surface area (Å²) in [5, 5.41) is 6.28. The Morgan fingerprint density at radius 3 is 2.22 bits per heavy atom. The van der Waals surface area contributed by atoms with Gasteiger partial charge in [-0.3, -0.25) is 4.79 Å². The molecule has 0 unspecified atom stereocenters. The Morgan fingerprint density at radius 1 is 1.06 bits per heavy atom. The van der Waals surface area contributed by atoms with E-state index in [-0.39, 0.29) is 51.3 Å². The summed E-state index contributed by atoms with van der Waals surface area (Å²) in [6.45, 7) is 10.0. The Hall–Kier alpha value is -3.48. The summed E-state index contributed by atoms with van der Waals surface area (Å²) < 4.78 is 51.9. The summed E-state index contributed by atoms with van der Waals surface area (Å²) in [7, 11) is 0. The molecule has 0 bridgehead atoms. The molecule has 0 fully saturated rings. The van der Waals surface area contributed by atoms with Gasteiger partial charge in [-0.25, -0.2) is 19.1 Å². The van der Waals surface area contributed by atoms with Crippen LogP contribution in [0.15, 0.2) is 12.1 Å². The summed E-state index contributed by atoms with van der Waals surface area (Å²) in [5.41, 5.74) is -1.94. The highest BCUT2D eigenvalue weighted by atomic mass is 32.1. The highest BCUT2D eigenvalue weighted by molar-refractivity contribution is 7.18. The van der Waals surface area contributed by atoms with Crippen LogP contribution in [0.4, 0.5) is 18.2 Å². The number of carbonyl (C=O) groups excluding carboxylic acids is 3. The van der Waals surface area contributed by atoms with Gasteiger partial charge in [-0.05, 0) is 32.4 Å². The molecule has 36 heavy (non-hydrogen) atoms. The molecule has 0 saturated carbocycles. The Morgan fingerprint density at radius 2 is 1.67 bits per heavy atom. The van der Waals surface area contributed by atoms with Gasteiger partial charge in [-0.15, -0.1) is 11.3 Å². The number of ether oxygens (including phenoxy) is 2. The molecule has 1 N–H and O–H groups in total. The third-order valence-electron chi connectivity index (χ3n) is 5.03. The number of carbonyl (C=O) groups is 3. The van der Waals surface area contributed by atoms with Crippen molar-refractivity contribution < 1.29 is 37.0 Å². The molecule has 3 aromatic rings. The summed E-state index contributed by atoms with van der Waals surface area (Å²) in [6, 6.07) is 2.02. The van der Waals surface area contributed by atoms with Crippen LogP contribution in [-0.4, -0.2) is 45.7 Å². The average molecular weight is 527 g/mol. The molecule has 0 radical (unpaired) electrons. The normalized spacial score (nSPS) is 12.0. The van der Waals surface area contributed by atoms with Gasteiger partial charge in [0.25, 0.3) is 5.91 Å². The van der Waals surface area contributed by atoms with E-state index in [1.807, 2.05) is 0 Å². The van der Waals surface area contributed by atoms with Crippen molar-refractivity contribution in [2.75, 3.05) is 18.5 Å². The van der Waals surface area contributed by atoms with Crippen LogP contribution >= 0.6 is 11.3 Å². The first-order chi connectivity index (χ1) is 16.7. The maximum absolute atomic E-state index is 13.8. The van der Waals surface area contributed by atoms with Crippen molar-refractivity contribution in [3.63, 3.8) is 0 Å². The molecule has 13 heteroatoms. The van der Waals surface area contributed by atoms with E-state index in [4.69, 9.17) is 9.47 Å². The zero-order valence-electron chi connectivity index (χ0n) is 20.5. The molecular formula is C23H25F3N4O5S. The molecule has 0 aliphatic heterocycles. The highest BCUT2D eigenvalue weighted by Crippen LogP contribution is 2.35. The molecule has 3 aromatic heterocycles. The topological polar surface area (TPSA) is 112 Å². The summed E-state index contributed by atoms with van der Waals surface area (Å²) in [4.78, 5) is 42.2.